The molecule has 0 spiro atoms. The van der Waals surface area contributed by atoms with Crippen LogP contribution >= 0.6 is 0 Å². The van der Waals surface area contributed by atoms with Crippen molar-refractivity contribution in [3.05, 3.63) is 35.9 Å². The highest BCUT2D eigenvalue weighted by atomic mass is 16.1. The van der Waals surface area contributed by atoms with E-state index in [-0.39, 0.29) is 12.0 Å². The number of ketones is 1. The Morgan fingerprint density at radius 1 is 1.11 bits per heavy atom. The summed E-state index contributed by atoms with van der Waals surface area (Å²) in [6, 6.07) is 10.4. The fourth-order valence-corrected chi connectivity index (χ4v) is 2.32. The fraction of sp³-hybridized carbons (Fsp3) is 0.562. The summed E-state index contributed by atoms with van der Waals surface area (Å²) in [5.74, 6) is 0.361. The second-order valence-electron chi connectivity index (χ2n) is 5.29. The minimum Gasteiger partial charge on any atom is -0.297 e. The number of Topliss-reactive ketones (excluding diaryl/α,β-unsaturated/α-hetero) is 1. The van der Waals surface area contributed by atoms with Gasteiger partial charge in [-0.1, -0.05) is 51.1 Å². The Kier molecular flexibility index (Phi) is 5.54. The van der Waals surface area contributed by atoms with Gasteiger partial charge in [0.05, 0.1) is 6.04 Å². The van der Waals surface area contributed by atoms with Crippen molar-refractivity contribution in [2.24, 2.45) is 5.92 Å². The number of hydrogen-bond donors (Lipinski definition) is 0. The minimum atomic E-state index is -0.115. The van der Waals surface area contributed by atoms with Gasteiger partial charge in [0.25, 0.3) is 0 Å². The molecule has 100 valence electrons. The average molecular weight is 247 g/mol. The van der Waals surface area contributed by atoms with Gasteiger partial charge in [-0.2, -0.15) is 0 Å². The van der Waals surface area contributed by atoms with Gasteiger partial charge in [0.2, 0.25) is 0 Å². The highest BCUT2D eigenvalue weighted by molar-refractivity contribution is 5.87. The van der Waals surface area contributed by atoms with E-state index in [1.54, 1.807) is 0 Å². The van der Waals surface area contributed by atoms with Crippen LogP contribution in [-0.4, -0.2) is 23.3 Å². The summed E-state index contributed by atoms with van der Waals surface area (Å²) in [7, 11) is 0. The zero-order valence-corrected chi connectivity index (χ0v) is 12.2. The van der Waals surface area contributed by atoms with Crippen LogP contribution in [0.2, 0.25) is 0 Å². The van der Waals surface area contributed by atoms with Crippen LogP contribution < -0.4 is 0 Å². The number of carbonyl (C=O) groups excluding carboxylic acids is 1. The Bertz CT molecular complexity index is 370. The van der Waals surface area contributed by atoms with Gasteiger partial charge in [0.15, 0.2) is 5.78 Å². The summed E-state index contributed by atoms with van der Waals surface area (Å²) in [5.41, 5.74) is 1.10. The molecule has 0 amide bonds. The van der Waals surface area contributed by atoms with Crippen molar-refractivity contribution in [3.63, 3.8) is 0 Å². The number of hydrogen-bond acceptors (Lipinski definition) is 2. The summed E-state index contributed by atoms with van der Waals surface area (Å²) in [4.78, 5) is 14.8. The van der Waals surface area contributed by atoms with E-state index < -0.39 is 0 Å². The average Bonchev–Trinajstić information content (AvgIpc) is 2.35. The topological polar surface area (TPSA) is 20.3 Å². The summed E-state index contributed by atoms with van der Waals surface area (Å²) in [6.07, 6.45) is 0. The minimum absolute atomic E-state index is 0.0583. The van der Waals surface area contributed by atoms with Gasteiger partial charge in [0.1, 0.15) is 0 Å². The van der Waals surface area contributed by atoms with Gasteiger partial charge in [-0.15, -0.1) is 0 Å². The summed E-state index contributed by atoms with van der Waals surface area (Å²) in [6.45, 7) is 11.2. The molecule has 1 aromatic carbocycles. The number of nitrogens with zero attached hydrogens (tertiary/aromatic N) is 1. The maximum absolute atomic E-state index is 12.5. The van der Waals surface area contributed by atoms with Gasteiger partial charge in [0, 0.05) is 12.0 Å². The lowest BCUT2D eigenvalue weighted by molar-refractivity contribution is -0.128. The normalized spacial score (nSPS) is 13.3. The molecule has 0 heterocycles. The van der Waals surface area contributed by atoms with E-state index in [1.807, 2.05) is 32.0 Å². The van der Waals surface area contributed by atoms with Crippen LogP contribution in [0, 0.1) is 5.92 Å². The van der Waals surface area contributed by atoms with E-state index in [9.17, 15) is 4.79 Å². The predicted molar refractivity (Wildman–Crippen MR) is 76.5 cm³/mol. The second kappa shape index (κ2) is 6.69. The fourth-order valence-electron chi connectivity index (χ4n) is 2.32. The Hall–Kier alpha value is -1.15. The second-order valence-corrected chi connectivity index (χ2v) is 5.29. The Morgan fingerprint density at radius 2 is 1.67 bits per heavy atom. The molecule has 1 unspecified atom stereocenters. The van der Waals surface area contributed by atoms with E-state index in [1.165, 1.54) is 0 Å². The molecule has 0 saturated heterocycles. The molecule has 0 saturated carbocycles. The molecular weight excluding hydrogens is 222 g/mol. The molecule has 0 aromatic heterocycles. The highest BCUT2D eigenvalue weighted by Crippen LogP contribution is 2.26. The van der Waals surface area contributed by atoms with E-state index in [0.717, 1.165) is 12.1 Å². The van der Waals surface area contributed by atoms with Gasteiger partial charge in [-0.3, -0.25) is 9.69 Å². The molecule has 1 rings (SSSR count). The zero-order valence-electron chi connectivity index (χ0n) is 12.2. The van der Waals surface area contributed by atoms with Crippen molar-refractivity contribution in [3.8, 4) is 0 Å². The number of likely N-dealkylation sites (N-methyl/N-ethyl adjacent to an activating group) is 1. The van der Waals surface area contributed by atoms with Crippen LogP contribution in [0.25, 0.3) is 0 Å². The lowest BCUT2D eigenvalue weighted by Crippen LogP contribution is -2.40. The first-order valence-corrected chi connectivity index (χ1v) is 6.83. The van der Waals surface area contributed by atoms with Crippen molar-refractivity contribution in [1.29, 1.82) is 0 Å². The molecule has 0 bridgehead atoms. The van der Waals surface area contributed by atoms with Crippen LogP contribution in [-0.2, 0) is 4.79 Å². The highest BCUT2D eigenvalue weighted by Gasteiger charge is 2.29. The zero-order chi connectivity index (χ0) is 13.7. The van der Waals surface area contributed by atoms with Gasteiger partial charge in [-0.05, 0) is 26.0 Å². The lowest BCUT2D eigenvalue weighted by Gasteiger charge is -2.34. The molecule has 2 nitrogen and oxygen atoms in total. The third-order valence-corrected chi connectivity index (χ3v) is 3.31. The first-order chi connectivity index (χ1) is 8.49. The van der Waals surface area contributed by atoms with Crippen LogP contribution in [0.4, 0.5) is 0 Å². The number of rotatable bonds is 6. The first-order valence-electron chi connectivity index (χ1n) is 6.83. The maximum Gasteiger partial charge on any atom is 0.157 e. The summed E-state index contributed by atoms with van der Waals surface area (Å²) in [5, 5.41) is 0. The third kappa shape index (κ3) is 3.42. The van der Waals surface area contributed by atoms with Crippen molar-refractivity contribution in [2.75, 3.05) is 6.54 Å². The van der Waals surface area contributed by atoms with Crippen molar-refractivity contribution < 1.29 is 4.79 Å². The lowest BCUT2D eigenvalue weighted by atomic mass is 9.93. The molecule has 1 aromatic rings. The van der Waals surface area contributed by atoms with Crippen molar-refractivity contribution in [2.45, 2.75) is 46.7 Å². The Balaban J connectivity index is 3.14. The Morgan fingerprint density at radius 3 is 2.06 bits per heavy atom. The smallest absolute Gasteiger partial charge is 0.157 e. The number of benzene rings is 1. The first kappa shape index (κ1) is 14.9. The molecule has 18 heavy (non-hydrogen) atoms. The van der Waals surface area contributed by atoms with Gasteiger partial charge >= 0.3 is 0 Å². The molecule has 0 fully saturated rings. The van der Waals surface area contributed by atoms with Crippen molar-refractivity contribution in [1.82, 2.24) is 4.90 Å². The van der Waals surface area contributed by atoms with Crippen LogP contribution in [0.15, 0.2) is 30.3 Å². The van der Waals surface area contributed by atoms with Crippen LogP contribution in [0.5, 0.6) is 0 Å². The van der Waals surface area contributed by atoms with Crippen LogP contribution in [0.3, 0.4) is 0 Å². The SMILES string of the molecule is CCN(C(C)C)C(C(=O)C(C)C)c1ccccc1. The van der Waals surface area contributed by atoms with E-state index >= 15 is 0 Å². The van der Waals surface area contributed by atoms with E-state index in [4.69, 9.17) is 0 Å². The molecule has 2 heteroatoms. The Labute approximate surface area is 111 Å². The predicted octanol–water partition coefficient (Wildman–Crippen LogP) is 3.68. The third-order valence-electron chi connectivity index (χ3n) is 3.31. The molecule has 0 aliphatic carbocycles. The van der Waals surface area contributed by atoms with Crippen LogP contribution in [0.1, 0.15) is 46.2 Å². The summed E-state index contributed by atoms with van der Waals surface area (Å²) >= 11 is 0. The molecule has 0 N–H and O–H groups in total. The maximum atomic E-state index is 12.5. The molecule has 1 atom stereocenters. The van der Waals surface area contributed by atoms with Gasteiger partial charge in [-0.25, -0.2) is 0 Å². The largest absolute Gasteiger partial charge is 0.297 e. The quantitative estimate of drug-likeness (QED) is 0.764. The molecule has 0 aliphatic rings. The number of carbonyl (C=O) groups is 1. The molecule has 0 radical (unpaired) electrons. The molecule has 0 aliphatic heterocycles. The monoisotopic (exact) mass is 247 g/mol. The standard InChI is InChI=1S/C16H25NO/c1-6-17(13(4)5)15(16(18)12(2)3)14-10-8-7-9-11-14/h7-13,15H,6H2,1-5H3. The van der Waals surface area contributed by atoms with E-state index in [0.29, 0.717) is 11.8 Å². The van der Waals surface area contributed by atoms with Crippen molar-refractivity contribution >= 4 is 5.78 Å². The van der Waals surface area contributed by atoms with E-state index in [2.05, 4.69) is 37.8 Å². The summed E-state index contributed by atoms with van der Waals surface area (Å²) < 4.78 is 0. The van der Waals surface area contributed by atoms with Gasteiger partial charge < -0.3 is 0 Å². The molecular formula is C16H25NO.